The summed E-state index contributed by atoms with van der Waals surface area (Å²) in [6.45, 7) is 3.17. The van der Waals surface area contributed by atoms with E-state index in [-0.39, 0.29) is 18.7 Å². The molecule has 24 heavy (non-hydrogen) atoms. The first kappa shape index (κ1) is 17.3. The van der Waals surface area contributed by atoms with Crippen LogP contribution in [0.15, 0.2) is 18.2 Å². The Bertz CT molecular complexity index is 607. The molecule has 7 heteroatoms. The van der Waals surface area contributed by atoms with Gasteiger partial charge in [-0.25, -0.2) is 8.78 Å². The average molecular weight is 340 g/mol. The second-order valence-corrected chi connectivity index (χ2v) is 6.46. The lowest BCUT2D eigenvalue weighted by Gasteiger charge is -2.41. The Morgan fingerprint density at radius 3 is 2.71 bits per heavy atom. The lowest BCUT2D eigenvalue weighted by atomic mass is 9.90. The van der Waals surface area contributed by atoms with E-state index >= 15 is 0 Å². The fourth-order valence-electron chi connectivity index (χ4n) is 3.37. The number of hydrogen-bond acceptors (Lipinski definition) is 4. The highest BCUT2D eigenvalue weighted by molar-refractivity contribution is 5.86. The zero-order valence-corrected chi connectivity index (χ0v) is 13.5. The lowest BCUT2D eigenvalue weighted by molar-refractivity contribution is -0.161. The monoisotopic (exact) mass is 340 g/mol. The number of amides is 1. The molecule has 0 spiro atoms. The number of aliphatic hydroxyl groups is 1. The fourth-order valence-corrected chi connectivity index (χ4v) is 3.37. The Morgan fingerprint density at radius 2 is 1.96 bits per heavy atom. The van der Waals surface area contributed by atoms with Crippen LogP contribution in [0, 0.1) is 11.6 Å². The summed E-state index contributed by atoms with van der Waals surface area (Å²) in [5.41, 5.74) is -1.35. The quantitative estimate of drug-likeness (QED) is 0.893. The second kappa shape index (κ2) is 7.13. The number of nitrogens with zero attached hydrogens (tertiary/aromatic N) is 2. The summed E-state index contributed by atoms with van der Waals surface area (Å²) in [4.78, 5) is 16.1. The summed E-state index contributed by atoms with van der Waals surface area (Å²) < 4.78 is 32.5. The minimum Gasteiger partial charge on any atom is -0.379 e. The van der Waals surface area contributed by atoms with E-state index < -0.39 is 23.1 Å². The molecule has 3 rings (SSSR count). The SMILES string of the molecule is O=C1N(Cc2cccc(F)c2F)CCCC1(O)CN1CCOCC1. The number of β-amino-alcohol motifs (C(OH)–C–C–N with tert-alkyl or cyclic N) is 1. The zero-order chi connectivity index (χ0) is 17.2. The Labute approximate surface area is 139 Å². The predicted octanol–water partition coefficient (Wildman–Crippen LogP) is 1.15. The molecule has 1 unspecified atom stereocenters. The first-order valence-corrected chi connectivity index (χ1v) is 8.24. The van der Waals surface area contributed by atoms with Crippen LogP contribution in [0.25, 0.3) is 0 Å². The minimum absolute atomic E-state index is 0.0339. The highest BCUT2D eigenvalue weighted by atomic mass is 19.2. The maximum Gasteiger partial charge on any atom is 0.256 e. The summed E-state index contributed by atoms with van der Waals surface area (Å²) in [6.07, 6.45) is 1.01. The molecule has 1 aromatic carbocycles. The molecule has 1 atom stereocenters. The summed E-state index contributed by atoms with van der Waals surface area (Å²) in [7, 11) is 0. The van der Waals surface area contributed by atoms with Gasteiger partial charge in [-0.3, -0.25) is 9.69 Å². The molecule has 0 bridgehead atoms. The summed E-state index contributed by atoms with van der Waals surface area (Å²) >= 11 is 0. The standard InChI is InChI=1S/C17H22F2N2O3/c18-14-4-1-3-13(15(14)19)11-21-6-2-5-17(23,16(21)22)12-20-7-9-24-10-8-20/h1,3-4,23H,2,5-12H2. The van der Waals surface area contributed by atoms with Gasteiger partial charge >= 0.3 is 0 Å². The van der Waals surface area contributed by atoms with Gasteiger partial charge in [-0.2, -0.15) is 0 Å². The van der Waals surface area contributed by atoms with Crippen LogP contribution in [0.1, 0.15) is 18.4 Å². The van der Waals surface area contributed by atoms with Gasteiger partial charge in [0.25, 0.3) is 5.91 Å². The van der Waals surface area contributed by atoms with Crippen LogP contribution >= 0.6 is 0 Å². The number of hydrogen-bond donors (Lipinski definition) is 1. The van der Waals surface area contributed by atoms with Crippen molar-refractivity contribution < 1.29 is 23.4 Å². The third-order valence-corrected chi connectivity index (χ3v) is 4.69. The molecular weight excluding hydrogens is 318 g/mol. The second-order valence-electron chi connectivity index (χ2n) is 6.46. The maximum atomic E-state index is 13.9. The van der Waals surface area contributed by atoms with Gasteiger partial charge in [-0.15, -0.1) is 0 Å². The van der Waals surface area contributed by atoms with Crippen LogP contribution in [-0.2, 0) is 16.1 Å². The minimum atomic E-state index is -1.47. The van der Waals surface area contributed by atoms with E-state index in [0.717, 1.165) is 6.07 Å². The molecule has 2 fully saturated rings. The van der Waals surface area contributed by atoms with Crippen LogP contribution in [-0.4, -0.2) is 65.8 Å². The zero-order valence-electron chi connectivity index (χ0n) is 13.5. The molecule has 2 aliphatic rings. The predicted molar refractivity (Wildman–Crippen MR) is 83.2 cm³/mol. The van der Waals surface area contributed by atoms with Gasteiger partial charge in [-0.1, -0.05) is 12.1 Å². The van der Waals surface area contributed by atoms with E-state index in [1.54, 1.807) is 0 Å². The summed E-state index contributed by atoms with van der Waals surface area (Å²) in [5, 5.41) is 10.8. The molecule has 5 nitrogen and oxygen atoms in total. The maximum absolute atomic E-state index is 13.9. The van der Waals surface area contributed by atoms with E-state index in [2.05, 4.69) is 0 Å². The van der Waals surface area contributed by atoms with Crippen molar-refractivity contribution in [2.24, 2.45) is 0 Å². The van der Waals surface area contributed by atoms with E-state index in [4.69, 9.17) is 4.74 Å². The summed E-state index contributed by atoms with van der Waals surface area (Å²) in [6, 6.07) is 3.93. The first-order chi connectivity index (χ1) is 11.5. The molecule has 2 heterocycles. The number of likely N-dealkylation sites (tertiary alicyclic amines) is 1. The molecule has 1 aromatic rings. The van der Waals surface area contributed by atoms with Gasteiger partial charge in [0.1, 0.15) is 0 Å². The third kappa shape index (κ3) is 3.58. The number of benzene rings is 1. The van der Waals surface area contributed by atoms with Gasteiger partial charge in [0.2, 0.25) is 0 Å². The molecule has 0 radical (unpaired) electrons. The van der Waals surface area contributed by atoms with Gasteiger partial charge < -0.3 is 14.7 Å². The Kier molecular flexibility index (Phi) is 5.12. The van der Waals surface area contributed by atoms with Gasteiger partial charge in [0, 0.05) is 38.3 Å². The van der Waals surface area contributed by atoms with Gasteiger partial charge in [-0.05, 0) is 18.9 Å². The van der Waals surface area contributed by atoms with Gasteiger partial charge in [0.15, 0.2) is 17.2 Å². The van der Waals surface area contributed by atoms with E-state index in [1.807, 2.05) is 4.90 Å². The first-order valence-electron chi connectivity index (χ1n) is 8.24. The number of morpholine rings is 1. The topological polar surface area (TPSA) is 53.0 Å². The van der Waals surface area contributed by atoms with E-state index in [0.29, 0.717) is 45.7 Å². The molecular formula is C17H22F2N2O3. The molecule has 1 N–H and O–H groups in total. The molecule has 0 saturated carbocycles. The highest BCUT2D eigenvalue weighted by Gasteiger charge is 2.43. The van der Waals surface area contributed by atoms with Crippen LogP contribution in [0.4, 0.5) is 8.78 Å². The number of carbonyl (C=O) groups excluding carboxylic acids is 1. The van der Waals surface area contributed by atoms with Crippen LogP contribution < -0.4 is 0 Å². The van der Waals surface area contributed by atoms with Crippen molar-refractivity contribution in [2.45, 2.75) is 25.0 Å². The third-order valence-electron chi connectivity index (χ3n) is 4.69. The highest BCUT2D eigenvalue weighted by Crippen LogP contribution is 2.26. The van der Waals surface area contributed by atoms with Crippen LogP contribution in [0.3, 0.4) is 0 Å². The summed E-state index contributed by atoms with van der Waals surface area (Å²) in [5.74, 6) is -2.28. The number of ether oxygens (including phenoxy) is 1. The molecule has 1 amide bonds. The van der Waals surface area contributed by atoms with E-state index in [9.17, 15) is 18.7 Å². The number of halogens is 2. The van der Waals surface area contributed by atoms with Gasteiger partial charge in [0.05, 0.1) is 13.2 Å². The van der Waals surface area contributed by atoms with Crippen LogP contribution in [0.2, 0.25) is 0 Å². The van der Waals surface area contributed by atoms with Crippen molar-refractivity contribution in [2.75, 3.05) is 39.4 Å². The Morgan fingerprint density at radius 1 is 1.21 bits per heavy atom. The number of rotatable bonds is 4. The van der Waals surface area contributed by atoms with E-state index in [1.165, 1.54) is 17.0 Å². The van der Waals surface area contributed by atoms with Crippen molar-refractivity contribution in [1.82, 2.24) is 9.80 Å². The van der Waals surface area contributed by atoms with Crippen molar-refractivity contribution >= 4 is 5.91 Å². The Balaban J connectivity index is 1.70. The van der Waals surface area contributed by atoms with Crippen LogP contribution in [0.5, 0.6) is 0 Å². The van der Waals surface area contributed by atoms with Crippen molar-refractivity contribution in [3.05, 3.63) is 35.4 Å². The average Bonchev–Trinajstić information content (AvgIpc) is 2.57. The smallest absolute Gasteiger partial charge is 0.256 e. The fraction of sp³-hybridized carbons (Fsp3) is 0.588. The van der Waals surface area contributed by atoms with Crippen molar-refractivity contribution in [3.63, 3.8) is 0 Å². The normalized spacial score (nSPS) is 26.0. The number of carbonyl (C=O) groups is 1. The Hall–Kier alpha value is -1.57. The largest absolute Gasteiger partial charge is 0.379 e. The molecule has 2 saturated heterocycles. The molecule has 2 aliphatic heterocycles. The molecule has 0 aliphatic carbocycles. The number of piperidine rings is 1. The van der Waals surface area contributed by atoms with Crippen molar-refractivity contribution in [1.29, 1.82) is 0 Å². The van der Waals surface area contributed by atoms with Crippen molar-refractivity contribution in [3.8, 4) is 0 Å². The lowest BCUT2D eigenvalue weighted by Crippen LogP contribution is -2.59. The molecule has 0 aromatic heterocycles. The molecule has 132 valence electrons.